The molecule has 0 saturated carbocycles. The van der Waals surface area contributed by atoms with Crippen LogP contribution in [-0.4, -0.2) is 0 Å². The first-order valence-corrected chi connectivity index (χ1v) is 7.53. The van der Waals surface area contributed by atoms with Gasteiger partial charge in [0.1, 0.15) is 0 Å². The van der Waals surface area contributed by atoms with E-state index in [1.165, 1.54) is 31.7 Å². The molecule has 0 aliphatic heterocycles. The first-order valence-electron chi connectivity index (χ1n) is 6.71. The second-order valence-electron chi connectivity index (χ2n) is 5.06. The zero-order valence-corrected chi connectivity index (χ0v) is 12.5. The van der Waals surface area contributed by atoms with Crippen LogP contribution >= 0.6 is 11.3 Å². The Labute approximate surface area is 123 Å². The van der Waals surface area contributed by atoms with E-state index >= 15 is 0 Å². The van der Waals surface area contributed by atoms with E-state index in [9.17, 15) is 0 Å². The molecular weight excluding hydrogens is 264 g/mol. The minimum absolute atomic E-state index is 0.0403. The van der Waals surface area contributed by atoms with Crippen molar-refractivity contribution in [3.05, 3.63) is 69.4 Å². The van der Waals surface area contributed by atoms with Crippen molar-refractivity contribution in [1.29, 1.82) is 0 Å². The van der Waals surface area contributed by atoms with Crippen LogP contribution in [0.2, 0.25) is 0 Å². The van der Waals surface area contributed by atoms with Crippen LogP contribution < -0.4 is 11.3 Å². The summed E-state index contributed by atoms with van der Waals surface area (Å²) in [5.41, 5.74) is 5.53. The monoisotopic (exact) mass is 282 g/mol. The van der Waals surface area contributed by atoms with E-state index in [1.807, 2.05) is 11.3 Å². The van der Waals surface area contributed by atoms with E-state index in [0.29, 0.717) is 0 Å². The van der Waals surface area contributed by atoms with Crippen molar-refractivity contribution in [1.82, 2.24) is 5.43 Å². The van der Waals surface area contributed by atoms with Crippen LogP contribution in [0, 0.1) is 13.8 Å². The van der Waals surface area contributed by atoms with Crippen molar-refractivity contribution in [3.63, 3.8) is 0 Å². The Morgan fingerprint density at radius 1 is 1.05 bits per heavy atom. The zero-order valence-electron chi connectivity index (χ0n) is 11.7. The highest BCUT2D eigenvalue weighted by Gasteiger charge is 2.17. The molecule has 0 radical (unpaired) electrons. The van der Waals surface area contributed by atoms with Crippen molar-refractivity contribution < 1.29 is 0 Å². The summed E-state index contributed by atoms with van der Waals surface area (Å²) in [5, 5.41) is 2.50. The Morgan fingerprint density at radius 3 is 2.50 bits per heavy atom. The van der Waals surface area contributed by atoms with Gasteiger partial charge in [0.15, 0.2) is 0 Å². The third-order valence-electron chi connectivity index (χ3n) is 3.77. The van der Waals surface area contributed by atoms with Crippen LogP contribution in [0.1, 0.15) is 26.9 Å². The lowest BCUT2D eigenvalue weighted by Gasteiger charge is -2.17. The Morgan fingerprint density at radius 2 is 1.80 bits per heavy atom. The molecule has 2 nitrogen and oxygen atoms in total. The molecule has 1 atom stereocenters. The topological polar surface area (TPSA) is 38.0 Å². The van der Waals surface area contributed by atoms with Gasteiger partial charge in [0.05, 0.1) is 6.04 Å². The third-order valence-corrected chi connectivity index (χ3v) is 4.99. The number of nitrogens with two attached hydrogens (primary N) is 1. The lowest BCUT2D eigenvalue weighted by atomic mass is 9.98. The lowest BCUT2D eigenvalue weighted by Crippen LogP contribution is -2.28. The molecule has 0 aliphatic carbocycles. The summed E-state index contributed by atoms with van der Waals surface area (Å²) >= 11 is 1.81. The molecule has 0 fully saturated rings. The summed E-state index contributed by atoms with van der Waals surface area (Å²) in [7, 11) is 0. The first-order chi connectivity index (χ1) is 9.70. The normalized spacial score (nSPS) is 12.8. The summed E-state index contributed by atoms with van der Waals surface area (Å²) in [6.07, 6.45) is 0. The highest BCUT2D eigenvalue weighted by Crippen LogP contribution is 2.33. The number of aryl methyl sites for hydroxylation is 2. The first kappa shape index (κ1) is 13.3. The van der Waals surface area contributed by atoms with Gasteiger partial charge in [-0.1, -0.05) is 42.5 Å². The van der Waals surface area contributed by atoms with E-state index in [1.54, 1.807) is 0 Å². The van der Waals surface area contributed by atoms with Crippen LogP contribution in [0.25, 0.3) is 10.8 Å². The minimum Gasteiger partial charge on any atom is -0.271 e. The van der Waals surface area contributed by atoms with E-state index < -0.39 is 0 Å². The minimum atomic E-state index is 0.0403. The van der Waals surface area contributed by atoms with Crippen molar-refractivity contribution in [2.24, 2.45) is 5.84 Å². The van der Waals surface area contributed by atoms with Crippen LogP contribution in [0.15, 0.2) is 48.5 Å². The van der Waals surface area contributed by atoms with Crippen molar-refractivity contribution in [3.8, 4) is 0 Å². The summed E-state index contributed by atoms with van der Waals surface area (Å²) in [4.78, 5) is 2.61. The second-order valence-corrected chi connectivity index (χ2v) is 6.34. The molecule has 3 rings (SSSR count). The largest absolute Gasteiger partial charge is 0.271 e. The molecule has 0 aliphatic rings. The number of hydrogen-bond donors (Lipinski definition) is 2. The molecule has 1 aromatic heterocycles. The predicted molar refractivity (Wildman–Crippen MR) is 86.9 cm³/mol. The highest BCUT2D eigenvalue weighted by molar-refractivity contribution is 7.12. The van der Waals surface area contributed by atoms with Gasteiger partial charge in [-0.15, -0.1) is 11.3 Å². The van der Waals surface area contributed by atoms with Gasteiger partial charge < -0.3 is 0 Å². The summed E-state index contributed by atoms with van der Waals surface area (Å²) in [6, 6.07) is 17.1. The fourth-order valence-corrected chi connectivity index (χ4v) is 3.69. The quantitative estimate of drug-likeness (QED) is 0.561. The van der Waals surface area contributed by atoms with Crippen LogP contribution in [0.5, 0.6) is 0 Å². The number of thiophene rings is 1. The maximum Gasteiger partial charge on any atom is 0.0808 e. The second kappa shape index (κ2) is 5.37. The summed E-state index contributed by atoms with van der Waals surface area (Å²) in [5.74, 6) is 5.84. The summed E-state index contributed by atoms with van der Waals surface area (Å²) in [6.45, 7) is 4.30. The average molecular weight is 282 g/mol. The van der Waals surface area contributed by atoms with Gasteiger partial charge in [0, 0.05) is 9.75 Å². The van der Waals surface area contributed by atoms with Crippen molar-refractivity contribution in [2.75, 3.05) is 0 Å². The molecule has 0 saturated heterocycles. The molecule has 1 heterocycles. The molecule has 3 heteroatoms. The van der Waals surface area contributed by atoms with Crippen LogP contribution in [0.4, 0.5) is 0 Å². The average Bonchev–Trinajstić information content (AvgIpc) is 2.79. The van der Waals surface area contributed by atoms with Gasteiger partial charge in [-0.05, 0) is 41.8 Å². The maximum atomic E-state index is 5.84. The molecule has 0 spiro atoms. The number of nitrogens with one attached hydrogen (secondary N) is 1. The smallest absolute Gasteiger partial charge is 0.0808 e. The predicted octanol–water partition coefficient (Wildman–Crippen LogP) is 4.07. The molecule has 2 aromatic carbocycles. The Bertz CT molecular complexity index is 721. The third kappa shape index (κ3) is 2.24. The number of hydrazine groups is 1. The lowest BCUT2D eigenvalue weighted by molar-refractivity contribution is 0.650. The van der Waals surface area contributed by atoms with Gasteiger partial charge in [0.2, 0.25) is 0 Å². The number of rotatable bonds is 3. The SMILES string of the molecule is Cc1cc(C(NN)c2cccc3ccccc23)sc1C. The van der Waals surface area contributed by atoms with E-state index in [0.717, 1.165) is 0 Å². The number of fused-ring (bicyclic) bond motifs is 1. The maximum absolute atomic E-state index is 5.84. The van der Waals surface area contributed by atoms with E-state index in [4.69, 9.17) is 5.84 Å². The highest BCUT2D eigenvalue weighted by atomic mass is 32.1. The van der Waals surface area contributed by atoms with Gasteiger partial charge in [-0.3, -0.25) is 5.84 Å². The Balaban J connectivity index is 2.16. The van der Waals surface area contributed by atoms with E-state index in [-0.39, 0.29) is 6.04 Å². The summed E-state index contributed by atoms with van der Waals surface area (Å²) < 4.78 is 0. The van der Waals surface area contributed by atoms with Crippen LogP contribution in [-0.2, 0) is 0 Å². The van der Waals surface area contributed by atoms with Crippen molar-refractivity contribution >= 4 is 22.1 Å². The van der Waals surface area contributed by atoms with E-state index in [2.05, 4.69) is 67.8 Å². The number of hydrogen-bond acceptors (Lipinski definition) is 3. The fourth-order valence-electron chi connectivity index (χ4n) is 2.57. The standard InChI is InChI=1S/C17H18N2S/c1-11-10-16(20-12(11)2)17(19-18)15-9-5-7-13-6-3-4-8-14(13)15/h3-10,17,19H,18H2,1-2H3. The molecular formula is C17H18N2S. The van der Waals surface area contributed by atoms with Crippen LogP contribution in [0.3, 0.4) is 0 Å². The molecule has 0 amide bonds. The molecule has 20 heavy (non-hydrogen) atoms. The fraction of sp³-hybridized carbons (Fsp3) is 0.176. The molecule has 3 aromatic rings. The van der Waals surface area contributed by atoms with Crippen molar-refractivity contribution in [2.45, 2.75) is 19.9 Å². The molecule has 3 N–H and O–H groups in total. The van der Waals surface area contributed by atoms with Gasteiger partial charge in [-0.2, -0.15) is 0 Å². The zero-order chi connectivity index (χ0) is 14.1. The Kier molecular flexibility index (Phi) is 3.57. The molecule has 102 valence electrons. The number of benzene rings is 2. The van der Waals surface area contributed by atoms with Gasteiger partial charge >= 0.3 is 0 Å². The molecule has 1 unspecified atom stereocenters. The van der Waals surface area contributed by atoms with Gasteiger partial charge in [0.25, 0.3) is 0 Å². The molecule has 0 bridgehead atoms. The Hall–Kier alpha value is -1.68. The van der Waals surface area contributed by atoms with Gasteiger partial charge in [-0.25, -0.2) is 5.43 Å².